The molecule has 0 aliphatic carbocycles. The van der Waals surface area contributed by atoms with Crippen LogP contribution in [-0.2, 0) is 11.3 Å². The molecule has 0 spiro atoms. The standard InChI is InChI=1S/C14H21NO4.ClH/c1-10(2)15-7-13(17)9-19-14(18)12-5-3-11(8-16)4-6-12;/h3-6,10,13,15-17H,7-9H2,1-2H3;1H. The molecule has 0 saturated carbocycles. The Balaban J connectivity index is 0.00000361. The van der Waals surface area contributed by atoms with Gasteiger partial charge in [-0.1, -0.05) is 26.0 Å². The van der Waals surface area contributed by atoms with Crippen molar-refractivity contribution in [1.82, 2.24) is 5.32 Å². The maximum Gasteiger partial charge on any atom is 0.338 e. The van der Waals surface area contributed by atoms with E-state index in [0.29, 0.717) is 12.1 Å². The van der Waals surface area contributed by atoms with Crippen LogP contribution in [0.15, 0.2) is 24.3 Å². The zero-order chi connectivity index (χ0) is 14.3. The molecular formula is C14H22ClNO4. The molecule has 114 valence electrons. The number of aliphatic hydroxyl groups is 2. The smallest absolute Gasteiger partial charge is 0.338 e. The maximum absolute atomic E-state index is 11.7. The van der Waals surface area contributed by atoms with Gasteiger partial charge in [0.15, 0.2) is 0 Å². The van der Waals surface area contributed by atoms with E-state index in [0.717, 1.165) is 5.56 Å². The van der Waals surface area contributed by atoms with Crippen LogP contribution in [0.25, 0.3) is 0 Å². The second-order valence-electron chi connectivity index (χ2n) is 4.67. The minimum Gasteiger partial charge on any atom is -0.459 e. The number of hydrogen-bond donors (Lipinski definition) is 3. The van der Waals surface area contributed by atoms with Crippen molar-refractivity contribution in [2.75, 3.05) is 13.2 Å². The largest absolute Gasteiger partial charge is 0.459 e. The van der Waals surface area contributed by atoms with Crippen LogP contribution >= 0.6 is 12.4 Å². The highest BCUT2D eigenvalue weighted by atomic mass is 35.5. The third-order valence-corrected chi connectivity index (χ3v) is 2.54. The Morgan fingerprint density at radius 3 is 2.40 bits per heavy atom. The number of benzene rings is 1. The Hall–Kier alpha value is -1.14. The molecular weight excluding hydrogens is 282 g/mol. The Morgan fingerprint density at radius 2 is 1.90 bits per heavy atom. The average molecular weight is 304 g/mol. The van der Waals surface area contributed by atoms with Gasteiger partial charge in [0.2, 0.25) is 0 Å². The molecule has 3 N–H and O–H groups in total. The summed E-state index contributed by atoms with van der Waals surface area (Å²) in [7, 11) is 0. The summed E-state index contributed by atoms with van der Waals surface area (Å²) in [4.78, 5) is 11.7. The number of carbonyl (C=O) groups is 1. The lowest BCUT2D eigenvalue weighted by Gasteiger charge is -2.14. The lowest BCUT2D eigenvalue weighted by Crippen LogP contribution is -2.35. The fraction of sp³-hybridized carbons (Fsp3) is 0.500. The Bertz CT molecular complexity index is 395. The summed E-state index contributed by atoms with van der Waals surface area (Å²) in [5, 5.41) is 21.5. The SMILES string of the molecule is CC(C)NCC(O)COC(=O)c1ccc(CO)cc1.Cl. The van der Waals surface area contributed by atoms with E-state index in [1.165, 1.54) is 0 Å². The van der Waals surface area contributed by atoms with Crippen LogP contribution in [0, 0.1) is 0 Å². The van der Waals surface area contributed by atoms with E-state index in [2.05, 4.69) is 5.32 Å². The van der Waals surface area contributed by atoms with Gasteiger partial charge < -0.3 is 20.3 Å². The van der Waals surface area contributed by atoms with E-state index in [1.807, 2.05) is 13.8 Å². The van der Waals surface area contributed by atoms with Crippen molar-refractivity contribution in [2.24, 2.45) is 0 Å². The van der Waals surface area contributed by atoms with Crippen LogP contribution in [-0.4, -0.2) is 41.5 Å². The van der Waals surface area contributed by atoms with E-state index in [9.17, 15) is 9.90 Å². The zero-order valence-electron chi connectivity index (χ0n) is 11.7. The van der Waals surface area contributed by atoms with Crippen molar-refractivity contribution in [1.29, 1.82) is 0 Å². The highest BCUT2D eigenvalue weighted by Crippen LogP contribution is 2.06. The predicted octanol–water partition coefficient (Wildman–Crippen LogP) is 1.12. The predicted molar refractivity (Wildman–Crippen MR) is 79.0 cm³/mol. The van der Waals surface area contributed by atoms with Gasteiger partial charge in [0.1, 0.15) is 12.7 Å². The van der Waals surface area contributed by atoms with Gasteiger partial charge in [-0.2, -0.15) is 0 Å². The van der Waals surface area contributed by atoms with Crippen LogP contribution in [0.4, 0.5) is 0 Å². The van der Waals surface area contributed by atoms with E-state index in [1.54, 1.807) is 24.3 Å². The first kappa shape index (κ1) is 18.9. The van der Waals surface area contributed by atoms with Gasteiger partial charge in [-0.05, 0) is 17.7 Å². The summed E-state index contributed by atoms with van der Waals surface area (Å²) in [6, 6.07) is 6.77. The molecule has 1 aromatic rings. The number of halogens is 1. The summed E-state index contributed by atoms with van der Waals surface area (Å²) in [5.41, 5.74) is 1.14. The van der Waals surface area contributed by atoms with Gasteiger partial charge in [0.05, 0.1) is 12.2 Å². The summed E-state index contributed by atoms with van der Waals surface area (Å²) in [6.45, 7) is 4.23. The van der Waals surface area contributed by atoms with E-state index >= 15 is 0 Å². The number of hydrogen-bond acceptors (Lipinski definition) is 5. The van der Waals surface area contributed by atoms with Crippen LogP contribution < -0.4 is 5.32 Å². The van der Waals surface area contributed by atoms with Crippen molar-refractivity contribution in [2.45, 2.75) is 32.6 Å². The van der Waals surface area contributed by atoms with Gasteiger partial charge in [0, 0.05) is 12.6 Å². The van der Waals surface area contributed by atoms with Crippen molar-refractivity contribution < 1.29 is 19.7 Å². The summed E-state index contributed by atoms with van der Waals surface area (Å²) in [5.74, 6) is -0.479. The molecule has 0 radical (unpaired) electrons. The topological polar surface area (TPSA) is 78.8 Å². The van der Waals surface area contributed by atoms with E-state index in [4.69, 9.17) is 9.84 Å². The van der Waals surface area contributed by atoms with E-state index < -0.39 is 12.1 Å². The quantitative estimate of drug-likeness (QED) is 0.658. The molecule has 0 heterocycles. The first-order valence-electron chi connectivity index (χ1n) is 6.31. The van der Waals surface area contributed by atoms with Crippen molar-refractivity contribution in [3.05, 3.63) is 35.4 Å². The van der Waals surface area contributed by atoms with Gasteiger partial charge in [0.25, 0.3) is 0 Å². The summed E-state index contributed by atoms with van der Waals surface area (Å²) < 4.78 is 5.00. The number of carbonyl (C=O) groups excluding carboxylic acids is 1. The molecule has 1 aromatic carbocycles. The van der Waals surface area contributed by atoms with Crippen LogP contribution in [0.2, 0.25) is 0 Å². The molecule has 1 unspecified atom stereocenters. The third-order valence-electron chi connectivity index (χ3n) is 2.54. The monoisotopic (exact) mass is 303 g/mol. The maximum atomic E-state index is 11.7. The highest BCUT2D eigenvalue weighted by Gasteiger charge is 2.11. The van der Waals surface area contributed by atoms with Crippen molar-refractivity contribution >= 4 is 18.4 Å². The molecule has 6 heteroatoms. The number of ether oxygens (including phenoxy) is 1. The number of rotatable bonds is 7. The summed E-state index contributed by atoms with van der Waals surface area (Å²) in [6.07, 6.45) is -0.719. The Kier molecular flexibility index (Phi) is 9.16. The summed E-state index contributed by atoms with van der Waals surface area (Å²) >= 11 is 0. The minimum absolute atomic E-state index is 0. The first-order chi connectivity index (χ1) is 9.02. The molecule has 0 aromatic heterocycles. The fourth-order valence-corrected chi connectivity index (χ4v) is 1.43. The molecule has 0 aliphatic rings. The van der Waals surface area contributed by atoms with Gasteiger partial charge in [-0.25, -0.2) is 4.79 Å². The molecule has 1 rings (SSSR count). The molecule has 20 heavy (non-hydrogen) atoms. The van der Waals surface area contributed by atoms with Crippen LogP contribution in [0.5, 0.6) is 0 Å². The second-order valence-corrected chi connectivity index (χ2v) is 4.67. The van der Waals surface area contributed by atoms with Crippen molar-refractivity contribution in [3.8, 4) is 0 Å². The molecule has 5 nitrogen and oxygen atoms in total. The van der Waals surface area contributed by atoms with Crippen molar-refractivity contribution in [3.63, 3.8) is 0 Å². The Morgan fingerprint density at radius 1 is 1.30 bits per heavy atom. The molecule has 0 amide bonds. The van der Waals surface area contributed by atoms with Gasteiger partial charge >= 0.3 is 5.97 Å². The zero-order valence-corrected chi connectivity index (χ0v) is 12.5. The lowest BCUT2D eigenvalue weighted by atomic mass is 10.1. The van der Waals surface area contributed by atoms with Crippen LogP contribution in [0.1, 0.15) is 29.8 Å². The minimum atomic E-state index is -0.719. The third kappa shape index (κ3) is 6.86. The lowest BCUT2D eigenvalue weighted by molar-refractivity contribution is 0.0256. The molecule has 0 saturated heterocycles. The average Bonchev–Trinajstić information content (AvgIpc) is 2.42. The molecule has 0 aliphatic heterocycles. The number of aliphatic hydroxyl groups excluding tert-OH is 2. The Labute approximate surface area is 125 Å². The molecule has 1 atom stereocenters. The fourth-order valence-electron chi connectivity index (χ4n) is 1.43. The van der Waals surface area contributed by atoms with E-state index in [-0.39, 0.29) is 31.7 Å². The highest BCUT2D eigenvalue weighted by molar-refractivity contribution is 5.89. The van der Waals surface area contributed by atoms with Gasteiger partial charge in [-0.3, -0.25) is 0 Å². The molecule has 0 fully saturated rings. The second kappa shape index (κ2) is 9.72. The normalized spacial score (nSPS) is 11.8. The van der Waals surface area contributed by atoms with Gasteiger partial charge in [-0.15, -0.1) is 12.4 Å². The number of esters is 1. The first-order valence-corrected chi connectivity index (χ1v) is 6.31. The number of nitrogens with one attached hydrogen (secondary N) is 1. The van der Waals surface area contributed by atoms with Crippen LogP contribution in [0.3, 0.4) is 0 Å². The molecule has 0 bridgehead atoms.